The van der Waals surface area contributed by atoms with E-state index >= 15 is 0 Å². The molecule has 104 valence electrons. The summed E-state index contributed by atoms with van der Waals surface area (Å²) in [6, 6.07) is 9.62. The standard InChI is InChI=1S/C14H20N2O3/c1-11-8-16(9-13(10-17)19-11)14(18)7-15-12-5-3-2-4-6-12/h2-6,11,13,15,17H,7-10H2,1H3. The largest absolute Gasteiger partial charge is 0.394 e. The summed E-state index contributed by atoms with van der Waals surface area (Å²) in [5, 5.41) is 12.2. The number of hydrogen-bond acceptors (Lipinski definition) is 4. The van der Waals surface area contributed by atoms with Gasteiger partial charge in [0, 0.05) is 18.8 Å². The number of aliphatic hydroxyl groups excluding tert-OH is 1. The van der Waals surface area contributed by atoms with E-state index < -0.39 is 0 Å². The van der Waals surface area contributed by atoms with Crippen molar-refractivity contribution in [3.05, 3.63) is 30.3 Å². The number of amides is 1. The van der Waals surface area contributed by atoms with Gasteiger partial charge in [-0.25, -0.2) is 0 Å². The lowest BCUT2D eigenvalue weighted by atomic mass is 10.2. The minimum Gasteiger partial charge on any atom is -0.394 e. The molecule has 1 aliphatic heterocycles. The summed E-state index contributed by atoms with van der Waals surface area (Å²) in [6.45, 7) is 3.14. The number of carbonyl (C=O) groups is 1. The van der Waals surface area contributed by atoms with Gasteiger partial charge < -0.3 is 20.1 Å². The van der Waals surface area contributed by atoms with Crippen LogP contribution in [0.5, 0.6) is 0 Å². The Bertz CT molecular complexity index is 410. The van der Waals surface area contributed by atoms with Crippen LogP contribution in [0.2, 0.25) is 0 Å². The monoisotopic (exact) mass is 264 g/mol. The van der Waals surface area contributed by atoms with E-state index in [1.54, 1.807) is 4.90 Å². The number of para-hydroxylation sites is 1. The number of nitrogens with zero attached hydrogens (tertiary/aromatic N) is 1. The van der Waals surface area contributed by atoms with Crippen molar-refractivity contribution in [1.29, 1.82) is 0 Å². The Kier molecular flexibility index (Phi) is 4.76. The molecule has 1 aromatic carbocycles. The molecule has 19 heavy (non-hydrogen) atoms. The number of aliphatic hydroxyl groups is 1. The molecule has 2 N–H and O–H groups in total. The van der Waals surface area contributed by atoms with Gasteiger partial charge in [0.1, 0.15) is 0 Å². The van der Waals surface area contributed by atoms with Crippen LogP contribution in [0.4, 0.5) is 5.69 Å². The molecule has 0 radical (unpaired) electrons. The summed E-state index contributed by atoms with van der Waals surface area (Å²) in [4.78, 5) is 13.8. The van der Waals surface area contributed by atoms with Gasteiger partial charge in [-0.1, -0.05) is 18.2 Å². The van der Waals surface area contributed by atoms with E-state index in [4.69, 9.17) is 9.84 Å². The highest BCUT2D eigenvalue weighted by atomic mass is 16.5. The minimum absolute atomic E-state index is 0.0254. The molecular formula is C14H20N2O3. The summed E-state index contributed by atoms with van der Waals surface area (Å²) < 4.78 is 5.51. The SMILES string of the molecule is CC1CN(C(=O)CNc2ccccc2)CC(CO)O1. The normalized spacial score (nSPS) is 23.2. The first-order valence-electron chi connectivity index (χ1n) is 6.52. The van der Waals surface area contributed by atoms with Gasteiger partial charge >= 0.3 is 0 Å². The number of anilines is 1. The molecule has 1 saturated heterocycles. The number of hydrogen-bond donors (Lipinski definition) is 2. The van der Waals surface area contributed by atoms with E-state index in [0.29, 0.717) is 13.1 Å². The summed E-state index contributed by atoms with van der Waals surface area (Å²) in [5.74, 6) is 0.0254. The van der Waals surface area contributed by atoms with Crippen molar-refractivity contribution in [3.8, 4) is 0 Å². The lowest BCUT2D eigenvalue weighted by Crippen LogP contribution is -2.51. The van der Waals surface area contributed by atoms with Crippen LogP contribution in [0.3, 0.4) is 0 Å². The molecule has 1 amide bonds. The zero-order valence-electron chi connectivity index (χ0n) is 11.1. The van der Waals surface area contributed by atoms with E-state index in [1.165, 1.54) is 0 Å². The van der Waals surface area contributed by atoms with Crippen molar-refractivity contribution in [1.82, 2.24) is 4.90 Å². The van der Waals surface area contributed by atoms with Gasteiger partial charge in [-0.15, -0.1) is 0 Å². The number of benzene rings is 1. The van der Waals surface area contributed by atoms with E-state index in [1.807, 2.05) is 37.3 Å². The summed E-state index contributed by atoms with van der Waals surface area (Å²) in [5.41, 5.74) is 0.927. The fourth-order valence-corrected chi connectivity index (χ4v) is 2.20. The van der Waals surface area contributed by atoms with Gasteiger partial charge in [0.15, 0.2) is 0 Å². The maximum absolute atomic E-state index is 12.1. The second-order valence-corrected chi connectivity index (χ2v) is 4.77. The van der Waals surface area contributed by atoms with Gasteiger partial charge in [0.2, 0.25) is 5.91 Å². The number of nitrogens with one attached hydrogen (secondary N) is 1. The predicted octanol–water partition coefficient (Wildman–Crippen LogP) is 0.707. The highest BCUT2D eigenvalue weighted by molar-refractivity contribution is 5.81. The first kappa shape index (κ1) is 13.8. The molecule has 0 saturated carbocycles. The third-order valence-electron chi connectivity index (χ3n) is 3.10. The van der Waals surface area contributed by atoms with Crippen molar-refractivity contribution in [2.75, 3.05) is 31.6 Å². The van der Waals surface area contributed by atoms with Gasteiger partial charge in [-0.05, 0) is 19.1 Å². The molecule has 0 aliphatic carbocycles. The quantitative estimate of drug-likeness (QED) is 0.840. The Hall–Kier alpha value is -1.59. The van der Waals surface area contributed by atoms with Crippen LogP contribution >= 0.6 is 0 Å². The molecule has 2 unspecified atom stereocenters. The highest BCUT2D eigenvalue weighted by Crippen LogP contribution is 2.11. The molecule has 5 nitrogen and oxygen atoms in total. The first-order valence-corrected chi connectivity index (χ1v) is 6.52. The molecule has 5 heteroatoms. The molecule has 0 bridgehead atoms. The van der Waals surface area contributed by atoms with Crippen LogP contribution in [-0.2, 0) is 9.53 Å². The second-order valence-electron chi connectivity index (χ2n) is 4.77. The molecule has 2 atom stereocenters. The molecule has 0 aromatic heterocycles. The zero-order chi connectivity index (χ0) is 13.7. The predicted molar refractivity (Wildman–Crippen MR) is 72.9 cm³/mol. The fourth-order valence-electron chi connectivity index (χ4n) is 2.20. The molecule has 0 spiro atoms. The molecule has 1 fully saturated rings. The Balaban J connectivity index is 1.85. The van der Waals surface area contributed by atoms with Crippen molar-refractivity contribution in [2.45, 2.75) is 19.1 Å². The van der Waals surface area contributed by atoms with Gasteiger partial charge in [0.25, 0.3) is 0 Å². The van der Waals surface area contributed by atoms with Crippen molar-refractivity contribution in [3.63, 3.8) is 0 Å². The first-order chi connectivity index (χ1) is 9.19. The molecule has 1 aliphatic rings. The Morgan fingerprint density at radius 2 is 2.16 bits per heavy atom. The molecule has 1 heterocycles. The average Bonchev–Trinajstić information content (AvgIpc) is 2.45. The Morgan fingerprint density at radius 3 is 2.84 bits per heavy atom. The van der Waals surface area contributed by atoms with Crippen LogP contribution in [0.25, 0.3) is 0 Å². The summed E-state index contributed by atoms with van der Waals surface area (Å²) >= 11 is 0. The number of rotatable bonds is 4. The molecule has 1 aromatic rings. The van der Waals surface area contributed by atoms with Gasteiger partial charge in [0.05, 0.1) is 25.4 Å². The average molecular weight is 264 g/mol. The second kappa shape index (κ2) is 6.54. The van der Waals surface area contributed by atoms with Crippen molar-refractivity contribution in [2.24, 2.45) is 0 Å². The van der Waals surface area contributed by atoms with Crippen LogP contribution in [0.15, 0.2) is 30.3 Å². The third kappa shape index (κ3) is 3.94. The Morgan fingerprint density at radius 1 is 1.42 bits per heavy atom. The third-order valence-corrected chi connectivity index (χ3v) is 3.10. The lowest BCUT2D eigenvalue weighted by Gasteiger charge is -2.36. The van der Waals surface area contributed by atoms with Crippen LogP contribution in [0, 0.1) is 0 Å². The number of morpholine rings is 1. The van der Waals surface area contributed by atoms with Crippen LogP contribution in [0.1, 0.15) is 6.92 Å². The van der Waals surface area contributed by atoms with E-state index in [0.717, 1.165) is 5.69 Å². The van der Waals surface area contributed by atoms with Crippen molar-refractivity contribution >= 4 is 11.6 Å². The van der Waals surface area contributed by atoms with Gasteiger partial charge in [-0.2, -0.15) is 0 Å². The van der Waals surface area contributed by atoms with Crippen LogP contribution < -0.4 is 5.32 Å². The van der Waals surface area contributed by atoms with E-state index in [-0.39, 0.29) is 31.3 Å². The topological polar surface area (TPSA) is 61.8 Å². The summed E-state index contributed by atoms with van der Waals surface area (Å²) in [7, 11) is 0. The molecular weight excluding hydrogens is 244 g/mol. The maximum Gasteiger partial charge on any atom is 0.242 e. The smallest absolute Gasteiger partial charge is 0.242 e. The van der Waals surface area contributed by atoms with Crippen molar-refractivity contribution < 1.29 is 14.6 Å². The minimum atomic E-state index is -0.274. The van der Waals surface area contributed by atoms with Gasteiger partial charge in [-0.3, -0.25) is 4.79 Å². The van der Waals surface area contributed by atoms with E-state index in [2.05, 4.69) is 5.32 Å². The van der Waals surface area contributed by atoms with E-state index in [9.17, 15) is 4.79 Å². The zero-order valence-corrected chi connectivity index (χ0v) is 11.1. The Labute approximate surface area is 113 Å². The maximum atomic E-state index is 12.1. The fraction of sp³-hybridized carbons (Fsp3) is 0.500. The highest BCUT2D eigenvalue weighted by Gasteiger charge is 2.27. The lowest BCUT2D eigenvalue weighted by molar-refractivity contribution is -0.145. The molecule has 2 rings (SSSR count). The van der Waals surface area contributed by atoms with Crippen LogP contribution in [-0.4, -0.2) is 54.4 Å². The number of carbonyl (C=O) groups excluding carboxylic acids is 1. The number of ether oxygens (including phenoxy) is 1. The summed E-state index contributed by atoms with van der Waals surface area (Å²) in [6.07, 6.45) is -0.309.